The molecule has 0 aliphatic carbocycles. The molecule has 1 N–H and O–H groups in total. The first-order valence-corrected chi connectivity index (χ1v) is 14.5. The standard InChI is InChI=1S/C28H37N5O5S/c1-6-12-31(15-32-19-11-9-8-10-18(19)29-30-32)26(36)24-28-17(5)13-21(39-28)22(27(37)38-7-2)23(28)25(35)33(24)20(14-34)16(3)4/h6,8-11,16-17,20-24,34H,1,7,12-15H2,2-5H3/t17?,20-,21-,22+,23-,24?,28?/m0/s1. The molecule has 1 aromatic heterocycles. The Balaban J connectivity index is 1.59. The second-order valence-electron chi connectivity index (χ2n) is 11.1. The van der Waals surface area contributed by atoms with Crippen LogP contribution in [-0.4, -0.2) is 89.5 Å². The summed E-state index contributed by atoms with van der Waals surface area (Å²) in [4.78, 5) is 45.4. The number of carbonyl (C=O) groups excluding carboxylic acids is 3. The minimum atomic E-state index is -0.853. The molecule has 210 valence electrons. The van der Waals surface area contributed by atoms with Crippen molar-refractivity contribution >= 4 is 40.6 Å². The van der Waals surface area contributed by atoms with E-state index in [4.69, 9.17) is 4.74 Å². The van der Waals surface area contributed by atoms with Gasteiger partial charge in [0.1, 0.15) is 18.2 Å². The smallest absolute Gasteiger partial charge is 0.310 e. The SMILES string of the molecule is C=CCN(Cn1nnc2ccccc21)C(=O)C1N([C@@H](CO)C(C)C)C(=O)[C@@H]2[C@H](C(=O)OCC)[C@@H]3CC(C)C12S3. The highest BCUT2D eigenvalue weighted by atomic mass is 32.2. The number of benzene rings is 1. The number of amides is 2. The number of hydrogen-bond acceptors (Lipinski definition) is 8. The van der Waals surface area contributed by atoms with Crippen molar-refractivity contribution in [2.45, 2.75) is 62.9 Å². The van der Waals surface area contributed by atoms with Gasteiger partial charge in [0.25, 0.3) is 0 Å². The number of carbonyl (C=O) groups is 3. The van der Waals surface area contributed by atoms with Crippen LogP contribution in [0.1, 0.15) is 34.1 Å². The van der Waals surface area contributed by atoms with Crippen molar-refractivity contribution in [3.63, 3.8) is 0 Å². The number of rotatable bonds is 10. The fraction of sp³-hybridized carbons (Fsp3) is 0.607. The molecule has 39 heavy (non-hydrogen) atoms. The fourth-order valence-corrected chi connectivity index (χ4v) is 9.34. The first-order valence-electron chi connectivity index (χ1n) is 13.7. The third kappa shape index (κ3) is 4.16. The molecule has 2 aromatic rings. The Morgan fingerprint density at radius 3 is 2.77 bits per heavy atom. The van der Waals surface area contributed by atoms with Crippen LogP contribution in [0.4, 0.5) is 0 Å². The molecule has 2 amide bonds. The van der Waals surface area contributed by atoms with Crippen LogP contribution in [0, 0.1) is 23.7 Å². The molecular formula is C28H37N5O5S. The molecule has 0 radical (unpaired) electrons. The lowest BCUT2D eigenvalue weighted by molar-refractivity contribution is -0.154. The first-order chi connectivity index (χ1) is 18.7. The highest BCUT2D eigenvalue weighted by Crippen LogP contribution is 2.69. The zero-order chi connectivity index (χ0) is 28.1. The number of ether oxygens (including phenoxy) is 1. The molecule has 4 heterocycles. The van der Waals surface area contributed by atoms with Gasteiger partial charge >= 0.3 is 5.97 Å². The number of para-hydroxylation sites is 1. The number of aliphatic hydroxyl groups excluding tert-OH is 1. The van der Waals surface area contributed by atoms with Gasteiger partial charge in [0.15, 0.2) is 0 Å². The van der Waals surface area contributed by atoms with E-state index in [1.165, 1.54) is 0 Å². The molecule has 1 aromatic carbocycles. The Kier molecular flexibility index (Phi) is 7.49. The largest absolute Gasteiger partial charge is 0.466 e. The zero-order valence-electron chi connectivity index (χ0n) is 22.9. The van der Waals surface area contributed by atoms with Crippen molar-refractivity contribution in [3.8, 4) is 0 Å². The van der Waals surface area contributed by atoms with Gasteiger partial charge in [0.2, 0.25) is 11.8 Å². The number of thioether (sulfide) groups is 1. The summed E-state index contributed by atoms with van der Waals surface area (Å²) < 4.78 is 6.30. The topological polar surface area (TPSA) is 118 Å². The second-order valence-corrected chi connectivity index (χ2v) is 12.7. The van der Waals surface area contributed by atoms with E-state index in [0.717, 1.165) is 17.5 Å². The van der Waals surface area contributed by atoms with Crippen molar-refractivity contribution in [1.82, 2.24) is 24.8 Å². The lowest BCUT2D eigenvalue weighted by Crippen LogP contribution is -2.60. The molecular weight excluding hydrogens is 518 g/mol. The van der Waals surface area contributed by atoms with Gasteiger partial charge in [-0.15, -0.1) is 23.4 Å². The van der Waals surface area contributed by atoms with Crippen LogP contribution < -0.4 is 0 Å². The number of aliphatic hydroxyl groups is 1. The number of hydrogen-bond donors (Lipinski definition) is 1. The van der Waals surface area contributed by atoms with Crippen LogP contribution in [0.25, 0.3) is 11.0 Å². The van der Waals surface area contributed by atoms with Gasteiger partial charge in [-0.05, 0) is 37.3 Å². The van der Waals surface area contributed by atoms with E-state index in [9.17, 15) is 19.5 Å². The fourth-order valence-electron chi connectivity index (χ4n) is 6.95. The van der Waals surface area contributed by atoms with Crippen molar-refractivity contribution in [2.75, 3.05) is 19.8 Å². The maximum absolute atomic E-state index is 14.7. The molecule has 11 heteroatoms. The maximum atomic E-state index is 14.7. The summed E-state index contributed by atoms with van der Waals surface area (Å²) in [6.07, 6.45) is 2.37. The van der Waals surface area contributed by atoms with Crippen molar-refractivity contribution in [3.05, 3.63) is 36.9 Å². The molecule has 1 spiro atoms. The average Bonchev–Trinajstić information content (AvgIpc) is 3.62. The Morgan fingerprint density at radius 2 is 2.10 bits per heavy atom. The number of nitrogens with zero attached hydrogens (tertiary/aromatic N) is 5. The summed E-state index contributed by atoms with van der Waals surface area (Å²) in [6, 6.07) is 6.10. The molecule has 2 bridgehead atoms. The van der Waals surface area contributed by atoms with Gasteiger partial charge in [0, 0.05) is 11.8 Å². The summed E-state index contributed by atoms with van der Waals surface area (Å²) in [6.45, 7) is 11.9. The Morgan fingerprint density at radius 1 is 1.36 bits per heavy atom. The van der Waals surface area contributed by atoms with E-state index in [1.54, 1.807) is 39.2 Å². The molecule has 3 aliphatic rings. The Labute approximate surface area is 232 Å². The second kappa shape index (κ2) is 10.6. The Bertz CT molecular complexity index is 1280. The third-order valence-electron chi connectivity index (χ3n) is 8.68. The van der Waals surface area contributed by atoms with Gasteiger partial charge in [-0.2, -0.15) is 0 Å². The van der Waals surface area contributed by atoms with Crippen LogP contribution in [0.15, 0.2) is 36.9 Å². The summed E-state index contributed by atoms with van der Waals surface area (Å²) in [5.41, 5.74) is 1.51. The normalized spacial score (nSPS) is 30.2. The van der Waals surface area contributed by atoms with Gasteiger partial charge in [-0.25, -0.2) is 4.68 Å². The lowest BCUT2D eigenvalue weighted by atomic mass is 9.66. The van der Waals surface area contributed by atoms with E-state index >= 15 is 0 Å². The van der Waals surface area contributed by atoms with E-state index in [-0.39, 0.29) is 61.3 Å². The van der Waals surface area contributed by atoms with Crippen molar-refractivity contribution < 1.29 is 24.2 Å². The van der Waals surface area contributed by atoms with E-state index in [2.05, 4.69) is 23.8 Å². The van der Waals surface area contributed by atoms with Crippen LogP contribution in [0.3, 0.4) is 0 Å². The number of likely N-dealkylation sites (tertiary alicyclic amines) is 1. The first kappa shape index (κ1) is 27.6. The van der Waals surface area contributed by atoms with Crippen molar-refractivity contribution in [1.29, 1.82) is 0 Å². The molecule has 7 atom stereocenters. The van der Waals surface area contributed by atoms with Gasteiger partial charge in [-0.1, -0.05) is 44.2 Å². The summed E-state index contributed by atoms with van der Waals surface area (Å²) in [5.74, 6) is -2.25. The third-order valence-corrected chi connectivity index (χ3v) is 10.8. The highest BCUT2D eigenvalue weighted by molar-refractivity contribution is 8.02. The van der Waals surface area contributed by atoms with Crippen LogP contribution in [0.5, 0.6) is 0 Å². The number of esters is 1. The summed E-state index contributed by atoms with van der Waals surface area (Å²) in [7, 11) is 0. The zero-order valence-corrected chi connectivity index (χ0v) is 23.7. The molecule has 3 aliphatic heterocycles. The molecule has 3 unspecified atom stereocenters. The predicted molar refractivity (Wildman–Crippen MR) is 147 cm³/mol. The molecule has 10 nitrogen and oxygen atoms in total. The van der Waals surface area contributed by atoms with Crippen LogP contribution in [0.2, 0.25) is 0 Å². The summed E-state index contributed by atoms with van der Waals surface area (Å²) >= 11 is 1.60. The molecule has 0 saturated carbocycles. The minimum Gasteiger partial charge on any atom is -0.466 e. The van der Waals surface area contributed by atoms with Gasteiger partial charge < -0.3 is 19.6 Å². The van der Waals surface area contributed by atoms with Crippen LogP contribution >= 0.6 is 11.8 Å². The van der Waals surface area contributed by atoms with Gasteiger partial charge in [-0.3, -0.25) is 14.4 Å². The summed E-state index contributed by atoms with van der Waals surface area (Å²) in [5, 5.41) is 18.8. The lowest BCUT2D eigenvalue weighted by Gasteiger charge is -2.42. The number of aromatic nitrogens is 3. The van der Waals surface area contributed by atoms with E-state index in [0.29, 0.717) is 0 Å². The predicted octanol–water partition coefficient (Wildman–Crippen LogP) is 2.32. The monoisotopic (exact) mass is 555 g/mol. The van der Waals surface area contributed by atoms with Crippen LogP contribution in [-0.2, 0) is 25.8 Å². The average molecular weight is 556 g/mol. The van der Waals surface area contributed by atoms with E-state index < -0.39 is 28.7 Å². The maximum Gasteiger partial charge on any atom is 0.310 e. The quantitative estimate of drug-likeness (QED) is 0.351. The number of fused-ring (bicyclic) bond motifs is 2. The molecule has 3 fully saturated rings. The minimum absolute atomic E-state index is 0.00960. The molecule has 5 rings (SSSR count). The van der Waals surface area contributed by atoms with Gasteiger partial charge in [0.05, 0.1) is 41.4 Å². The molecule has 3 saturated heterocycles. The van der Waals surface area contributed by atoms with Crippen molar-refractivity contribution in [2.24, 2.45) is 23.7 Å². The Hall–Kier alpha value is -2.92. The van der Waals surface area contributed by atoms with E-state index in [1.807, 2.05) is 38.1 Å². The highest BCUT2D eigenvalue weighted by Gasteiger charge is 2.77.